The van der Waals surface area contributed by atoms with E-state index >= 15 is 0 Å². The van der Waals surface area contributed by atoms with Crippen molar-refractivity contribution in [2.75, 3.05) is 5.32 Å². The topological polar surface area (TPSA) is 78.1 Å². The lowest BCUT2D eigenvalue weighted by atomic mass is 10.2. The van der Waals surface area contributed by atoms with Crippen molar-refractivity contribution in [1.29, 1.82) is 5.26 Å². The van der Waals surface area contributed by atoms with Crippen molar-refractivity contribution < 1.29 is 9.90 Å². The van der Waals surface area contributed by atoms with Crippen molar-refractivity contribution in [3.8, 4) is 6.07 Å². The number of para-hydroxylation sites is 2. The summed E-state index contributed by atoms with van der Waals surface area (Å²) in [6.45, 7) is 0.115. The molecule has 138 valence electrons. The molecule has 0 spiro atoms. The molecule has 1 atom stereocenters. The highest BCUT2D eigenvalue weighted by Gasteiger charge is 2.19. The van der Waals surface area contributed by atoms with Crippen LogP contribution in [0.15, 0.2) is 66.7 Å². The fourth-order valence-electron chi connectivity index (χ4n) is 3.36. The second-order valence-corrected chi connectivity index (χ2v) is 6.86. The van der Waals surface area contributed by atoms with Crippen LogP contribution in [-0.2, 0) is 11.3 Å². The molecule has 4 aromatic rings. The van der Waals surface area contributed by atoms with Gasteiger partial charge >= 0.3 is 0 Å². The molecule has 0 aliphatic heterocycles. The van der Waals surface area contributed by atoms with Crippen LogP contribution >= 0.6 is 11.6 Å². The normalized spacial score (nSPS) is 12.0. The first-order chi connectivity index (χ1) is 13.6. The lowest BCUT2D eigenvalue weighted by Gasteiger charge is -2.14. The van der Waals surface area contributed by atoms with Crippen LogP contribution in [0.3, 0.4) is 0 Å². The summed E-state index contributed by atoms with van der Waals surface area (Å²) < 4.78 is 1.95. The van der Waals surface area contributed by atoms with E-state index in [1.54, 1.807) is 6.07 Å². The number of aliphatic hydroxyl groups excluding tert-OH is 1. The van der Waals surface area contributed by atoms with Crippen LogP contribution in [-0.4, -0.2) is 21.7 Å². The number of halogens is 1. The van der Waals surface area contributed by atoms with Gasteiger partial charge in [-0.25, -0.2) is 0 Å². The summed E-state index contributed by atoms with van der Waals surface area (Å²) in [5, 5.41) is 24.5. The van der Waals surface area contributed by atoms with Gasteiger partial charge in [-0.3, -0.25) is 4.79 Å². The predicted octanol–water partition coefficient (Wildman–Crippen LogP) is 4.32. The van der Waals surface area contributed by atoms with Crippen LogP contribution in [0.5, 0.6) is 0 Å². The van der Waals surface area contributed by atoms with Gasteiger partial charge in [0.1, 0.15) is 6.07 Å². The van der Waals surface area contributed by atoms with Crippen LogP contribution in [0, 0.1) is 11.3 Å². The van der Waals surface area contributed by atoms with Crippen LogP contribution < -0.4 is 5.32 Å². The Hall–Kier alpha value is -3.33. The fourth-order valence-corrected chi connectivity index (χ4v) is 3.59. The molecular formula is C22H16ClN3O2. The van der Waals surface area contributed by atoms with Gasteiger partial charge in [0.25, 0.3) is 5.91 Å². The van der Waals surface area contributed by atoms with E-state index in [1.165, 1.54) is 12.1 Å². The quantitative estimate of drug-likeness (QED) is 0.545. The van der Waals surface area contributed by atoms with E-state index in [2.05, 4.69) is 5.32 Å². The minimum Gasteiger partial charge on any atom is -0.381 e. The van der Waals surface area contributed by atoms with Gasteiger partial charge in [-0.05, 0) is 30.3 Å². The molecule has 4 rings (SSSR count). The smallest absolute Gasteiger partial charge is 0.255 e. The monoisotopic (exact) mass is 389 g/mol. The molecule has 0 bridgehead atoms. The number of nitrogens with one attached hydrogen (secondary N) is 1. The Balaban J connectivity index is 1.61. The molecule has 0 radical (unpaired) electrons. The molecule has 3 aromatic carbocycles. The zero-order valence-electron chi connectivity index (χ0n) is 14.8. The van der Waals surface area contributed by atoms with E-state index in [-0.39, 0.29) is 11.6 Å². The van der Waals surface area contributed by atoms with E-state index in [0.717, 1.165) is 21.8 Å². The Morgan fingerprint density at radius 2 is 1.68 bits per heavy atom. The molecule has 28 heavy (non-hydrogen) atoms. The average molecular weight is 390 g/mol. The summed E-state index contributed by atoms with van der Waals surface area (Å²) in [5.41, 5.74) is 2.66. The second kappa shape index (κ2) is 7.35. The van der Waals surface area contributed by atoms with Gasteiger partial charge in [-0.2, -0.15) is 5.26 Å². The zero-order chi connectivity index (χ0) is 19.7. The minimum atomic E-state index is -1.26. The van der Waals surface area contributed by atoms with Gasteiger partial charge in [0.05, 0.1) is 17.1 Å². The Bertz CT molecular complexity index is 1190. The molecule has 6 heteroatoms. The maximum absolute atomic E-state index is 12.5. The highest BCUT2D eigenvalue weighted by atomic mass is 35.5. The van der Waals surface area contributed by atoms with Crippen LogP contribution in [0.4, 0.5) is 5.69 Å². The molecule has 0 aliphatic carbocycles. The summed E-state index contributed by atoms with van der Waals surface area (Å²) in [5.74, 6) is -0.539. The Kier molecular flexibility index (Phi) is 4.74. The molecule has 0 saturated carbocycles. The van der Waals surface area contributed by atoms with E-state index in [1.807, 2.05) is 59.2 Å². The highest BCUT2D eigenvalue weighted by Crippen LogP contribution is 2.29. The molecule has 0 saturated heterocycles. The summed E-state index contributed by atoms with van der Waals surface area (Å²) in [7, 11) is 0. The minimum absolute atomic E-state index is 0.115. The SMILES string of the molecule is N#Cc1ccc(NC(=O)C(O)Cn2c3ccccc3c3ccccc32)cc1Cl. The van der Waals surface area contributed by atoms with Crippen LogP contribution in [0.1, 0.15) is 5.56 Å². The molecule has 1 heterocycles. The number of nitriles is 1. The van der Waals surface area contributed by atoms with E-state index in [9.17, 15) is 9.90 Å². The van der Waals surface area contributed by atoms with E-state index < -0.39 is 12.0 Å². The number of benzene rings is 3. The first-order valence-electron chi connectivity index (χ1n) is 8.73. The summed E-state index contributed by atoms with van der Waals surface area (Å²) in [4.78, 5) is 12.5. The number of carbonyl (C=O) groups excluding carboxylic acids is 1. The third-order valence-corrected chi connectivity index (χ3v) is 5.01. The molecule has 5 nitrogen and oxygen atoms in total. The molecule has 1 amide bonds. The maximum atomic E-state index is 12.5. The standard InChI is InChI=1S/C22H16ClN3O2/c23-18-11-15(10-9-14(18)12-24)25-22(28)21(27)13-26-19-7-3-1-5-16(19)17-6-2-4-8-20(17)26/h1-11,21,27H,13H2,(H,25,28). The highest BCUT2D eigenvalue weighted by molar-refractivity contribution is 6.32. The van der Waals surface area contributed by atoms with Crippen molar-refractivity contribution in [2.24, 2.45) is 0 Å². The number of nitrogens with zero attached hydrogens (tertiary/aromatic N) is 2. The molecule has 0 fully saturated rings. The van der Waals surface area contributed by atoms with Gasteiger partial charge in [0.2, 0.25) is 0 Å². The third-order valence-electron chi connectivity index (χ3n) is 4.70. The van der Waals surface area contributed by atoms with E-state index in [0.29, 0.717) is 11.3 Å². The number of rotatable bonds is 4. The molecule has 2 N–H and O–H groups in total. The van der Waals surface area contributed by atoms with Crippen LogP contribution in [0.2, 0.25) is 5.02 Å². The first kappa shape index (κ1) is 18.1. The predicted molar refractivity (Wildman–Crippen MR) is 110 cm³/mol. The van der Waals surface area contributed by atoms with Crippen molar-refractivity contribution in [3.05, 3.63) is 77.3 Å². The number of aliphatic hydroxyl groups is 1. The largest absolute Gasteiger partial charge is 0.381 e. The van der Waals surface area contributed by atoms with Crippen molar-refractivity contribution in [3.63, 3.8) is 0 Å². The van der Waals surface area contributed by atoms with Gasteiger partial charge in [-0.15, -0.1) is 0 Å². The third kappa shape index (κ3) is 3.20. The zero-order valence-corrected chi connectivity index (χ0v) is 15.5. The molecular weight excluding hydrogens is 374 g/mol. The average Bonchev–Trinajstić information content (AvgIpc) is 3.02. The summed E-state index contributed by atoms with van der Waals surface area (Å²) in [6, 6.07) is 22.4. The van der Waals surface area contributed by atoms with Gasteiger partial charge in [0.15, 0.2) is 6.10 Å². The maximum Gasteiger partial charge on any atom is 0.255 e. The van der Waals surface area contributed by atoms with Gasteiger partial charge in [-0.1, -0.05) is 48.0 Å². The number of anilines is 1. The first-order valence-corrected chi connectivity index (χ1v) is 9.11. The number of carbonyl (C=O) groups is 1. The lowest BCUT2D eigenvalue weighted by molar-refractivity contribution is -0.124. The van der Waals surface area contributed by atoms with E-state index in [4.69, 9.17) is 16.9 Å². The Morgan fingerprint density at radius 1 is 1.07 bits per heavy atom. The number of aromatic nitrogens is 1. The van der Waals surface area contributed by atoms with Crippen molar-refractivity contribution >= 4 is 45.0 Å². The lowest BCUT2D eigenvalue weighted by Crippen LogP contribution is -2.31. The van der Waals surface area contributed by atoms with Gasteiger partial charge in [0, 0.05) is 27.5 Å². The second-order valence-electron chi connectivity index (χ2n) is 6.46. The fraction of sp³-hybridized carbons (Fsp3) is 0.0909. The summed E-state index contributed by atoms with van der Waals surface area (Å²) in [6.07, 6.45) is -1.26. The van der Waals surface area contributed by atoms with Crippen LogP contribution in [0.25, 0.3) is 21.8 Å². The van der Waals surface area contributed by atoms with Crippen molar-refractivity contribution in [2.45, 2.75) is 12.6 Å². The summed E-state index contributed by atoms with van der Waals surface area (Å²) >= 11 is 6.00. The van der Waals surface area contributed by atoms with Gasteiger partial charge < -0.3 is 15.0 Å². The Morgan fingerprint density at radius 3 is 2.25 bits per heavy atom. The Labute approximate surface area is 166 Å². The number of hydrogen-bond donors (Lipinski definition) is 2. The number of amides is 1. The number of fused-ring (bicyclic) bond motifs is 3. The molecule has 1 aromatic heterocycles. The number of hydrogen-bond acceptors (Lipinski definition) is 3. The molecule has 1 unspecified atom stereocenters. The molecule has 0 aliphatic rings. The van der Waals surface area contributed by atoms with Crippen molar-refractivity contribution in [1.82, 2.24) is 4.57 Å².